The van der Waals surface area contributed by atoms with Crippen LogP contribution in [0.5, 0.6) is 0 Å². The lowest BCUT2D eigenvalue weighted by Gasteiger charge is -2.27. The lowest BCUT2D eigenvalue weighted by molar-refractivity contribution is 0.0905. The third-order valence-corrected chi connectivity index (χ3v) is 4.45. The Morgan fingerprint density at radius 1 is 1.04 bits per heavy atom. The predicted octanol–water partition coefficient (Wildman–Crippen LogP) is 3.83. The van der Waals surface area contributed by atoms with Gasteiger partial charge in [-0.15, -0.1) is 0 Å². The van der Waals surface area contributed by atoms with Crippen LogP contribution in [-0.2, 0) is 5.54 Å². The molecule has 0 radical (unpaired) electrons. The molecule has 1 heterocycles. The minimum atomic E-state index is -0.930. The number of aromatic nitrogens is 2. The zero-order valence-electron chi connectivity index (χ0n) is 15.0. The summed E-state index contributed by atoms with van der Waals surface area (Å²) in [6.07, 6.45) is 0. The summed E-state index contributed by atoms with van der Waals surface area (Å²) in [6, 6.07) is 11.5. The maximum atomic E-state index is 13.3. The van der Waals surface area contributed by atoms with Gasteiger partial charge in [0, 0.05) is 11.1 Å². The maximum Gasteiger partial charge on any atom is 0.272 e. The number of halogens is 3. The molecule has 0 bridgehead atoms. The molecule has 144 valence electrons. The van der Waals surface area contributed by atoms with Crippen molar-refractivity contribution in [2.24, 2.45) is 0 Å². The van der Waals surface area contributed by atoms with Crippen LogP contribution >= 0.6 is 11.6 Å². The second-order valence-corrected chi connectivity index (χ2v) is 7.06. The van der Waals surface area contributed by atoms with Crippen LogP contribution in [0.15, 0.2) is 59.4 Å². The predicted molar refractivity (Wildman–Crippen MR) is 102 cm³/mol. The number of amides is 1. The molecular formula is C20H16ClF2N3O2. The lowest BCUT2D eigenvalue weighted by atomic mass is 9.94. The first-order valence-corrected chi connectivity index (χ1v) is 8.69. The molecule has 0 spiro atoms. The van der Waals surface area contributed by atoms with Crippen molar-refractivity contribution in [2.45, 2.75) is 19.4 Å². The van der Waals surface area contributed by atoms with Gasteiger partial charge >= 0.3 is 0 Å². The van der Waals surface area contributed by atoms with Gasteiger partial charge in [-0.25, -0.2) is 8.78 Å². The van der Waals surface area contributed by atoms with Crippen molar-refractivity contribution in [1.82, 2.24) is 15.1 Å². The van der Waals surface area contributed by atoms with Gasteiger partial charge in [-0.05, 0) is 61.9 Å². The average Bonchev–Trinajstić information content (AvgIpc) is 2.62. The fraction of sp³-hybridized carbons (Fsp3) is 0.150. The third kappa shape index (κ3) is 4.09. The molecule has 3 aromatic rings. The van der Waals surface area contributed by atoms with Gasteiger partial charge in [0.1, 0.15) is 17.3 Å². The van der Waals surface area contributed by atoms with Gasteiger partial charge in [0.2, 0.25) is 0 Å². The van der Waals surface area contributed by atoms with E-state index in [-0.39, 0.29) is 10.7 Å². The molecule has 0 fully saturated rings. The summed E-state index contributed by atoms with van der Waals surface area (Å²) in [5.74, 6) is -1.49. The normalized spacial score (nSPS) is 11.3. The van der Waals surface area contributed by atoms with E-state index in [0.29, 0.717) is 11.3 Å². The van der Waals surface area contributed by atoms with Crippen LogP contribution in [0.25, 0.3) is 5.69 Å². The summed E-state index contributed by atoms with van der Waals surface area (Å²) >= 11 is 6.10. The Morgan fingerprint density at radius 3 is 2.32 bits per heavy atom. The number of hydrogen-bond donors (Lipinski definition) is 1. The minimum Gasteiger partial charge on any atom is -0.342 e. The van der Waals surface area contributed by atoms with Crippen molar-refractivity contribution in [3.63, 3.8) is 0 Å². The SMILES string of the molecule is CC(C)(NC(=O)c1ccc(=O)n(-c2ccc(F)cc2)n1)c1ccc(F)cc1Cl. The fourth-order valence-corrected chi connectivity index (χ4v) is 3.11. The number of rotatable bonds is 4. The summed E-state index contributed by atoms with van der Waals surface area (Å²) in [7, 11) is 0. The standard InChI is InChI=1S/C20H16ClF2N3O2/c1-20(2,15-8-5-13(23)11-16(15)21)24-19(28)17-9-10-18(27)26(25-17)14-6-3-12(22)4-7-14/h3-11H,1-2H3,(H,24,28). The Hall–Kier alpha value is -3.06. The van der Waals surface area contributed by atoms with E-state index in [4.69, 9.17) is 11.6 Å². The van der Waals surface area contributed by atoms with Crippen LogP contribution in [0, 0.1) is 11.6 Å². The summed E-state index contributed by atoms with van der Waals surface area (Å²) in [4.78, 5) is 24.8. The summed E-state index contributed by atoms with van der Waals surface area (Å²) in [5.41, 5.74) is -0.572. The van der Waals surface area contributed by atoms with Gasteiger partial charge < -0.3 is 5.32 Å². The molecule has 0 aliphatic rings. The van der Waals surface area contributed by atoms with Crippen LogP contribution < -0.4 is 10.9 Å². The van der Waals surface area contributed by atoms with Crippen molar-refractivity contribution in [3.05, 3.63) is 92.9 Å². The molecular weight excluding hydrogens is 388 g/mol. The fourth-order valence-electron chi connectivity index (χ4n) is 2.71. The Bertz CT molecular complexity index is 1100. The van der Waals surface area contributed by atoms with E-state index >= 15 is 0 Å². The molecule has 0 saturated heterocycles. The van der Waals surface area contributed by atoms with Crippen molar-refractivity contribution in [2.75, 3.05) is 0 Å². The molecule has 0 aliphatic carbocycles. The van der Waals surface area contributed by atoms with E-state index in [1.54, 1.807) is 13.8 Å². The second kappa shape index (κ2) is 7.52. The molecule has 0 unspecified atom stereocenters. The van der Waals surface area contributed by atoms with Crippen LogP contribution in [0.4, 0.5) is 8.78 Å². The molecule has 0 aliphatic heterocycles. The lowest BCUT2D eigenvalue weighted by Crippen LogP contribution is -2.42. The van der Waals surface area contributed by atoms with Crippen LogP contribution in [0.2, 0.25) is 5.02 Å². The molecule has 28 heavy (non-hydrogen) atoms. The van der Waals surface area contributed by atoms with E-state index in [9.17, 15) is 18.4 Å². The topological polar surface area (TPSA) is 64.0 Å². The van der Waals surface area contributed by atoms with Crippen molar-refractivity contribution < 1.29 is 13.6 Å². The van der Waals surface area contributed by atoms with Crippen LogP contribution in [0.1, 0.15) is 29.9 Å². The summed E-state index contributed by atoms with van der Waals surface area (Å²) in [6.45, 7) is 3.42. The van der Waals surface area contributed by atoms with Crippen molar-refractivity contribution >= 4 is 17.5 Å². The van der Waals surface area contributed by atoms with Crippen molar-refractivity contribution in [3.8, 4) is 5.69 Å². The summed E-state index contributed by atoms with van der Waals surface area (Å²) < 4.78 is 27.4. The molecule has 3 rings (SSSR count). The first-order valence-electron chi connectivity index (χ1n) is 8.32. The molecule has 1 N–H and O–H groups in total. The zero-order chi connectivity index (χ0) is 20.5. The number of hydrogen-bond acceptors (Lipinski definition) is 3. The average molecular weight is 404 g/mol. The third-order valence-electron chi connectivity index (χ3n) is 4.13. The highest BCUT2D eigenvalue weighted by molar-refractivity contribution is 6.31. The van der Waals surface area contributed by atoms with Gasteiger partial charge in [-0.3, -0.25) is 9.59 Å². The number of benzene rings is 2. The molecule has 5 nitrogen and oxygen atoms in total. The number of nitrogens with one attached hydrogen (secondary N) is 1. The Labute approximate surface area is 164 Å². The minimum absolute atomic E-state index is 0.0183. The zero-order valence-corrected chi connectivity index (χ0v) is 15.8. The Morgan fingerprint density at radius 2 is 1.68 bits per heavy atom. The molecule has 0 atom stereocenters. The monoisotopic (exact) mass is 403 g/mol. The molecule has 0 saturated carbocycles. The Kier molecular flexibility index (Phi) is 5.29. The van der Waals surface area contributed by atoms with Gasteiger partial charge in [0.25, 0.3) is 11.5 Å². The molecule has 1 amide bonds. The molecule has 2 aromatic carbocycles. The smallest absolute Gasteiger partial charge is 0.272 e. The van der Waals surface area contributed by atoms with Crippen LogP contribution in [0.3, 0.4) is 0 Å². The van der Waals surface area contributed by atoms with E-state index in [1.165, 1.54) is 48.5 Å². The second-order valence-electron chi connectivity index (χ2n) is 6.65. The highest BCUT2D eigenvalue weighted by atomic mass is 35.5. The molecule has 1 aromatic heterocycles. The van der Waals surface area contributed by atoms with Gasteiger partial charge in [0.05, 0.1) is 11.2 Å². The quantitative estimate of drug-likeness (QED) is 0.720. The van der Waals surface area contributed by atoms with Gasteiger partial charge in [0.15, 0.2) is 0 Å². The van der Waals surface area contributed by atoms with E-state index < -0.39 is 28.6 Å². The largest absolute Gasteiger partial charge is 0.342 e. The number of carbonyl (C=O) groups excluding carboxylic acids is 1. The first-order chi connectivity index (χ1) is 13.2. The van der Waals surface area contributed by atoms with E-state index in [0.717, 1.165) is 10.7 Å². The Balaban J connectivity index is 1.91. The maximum absolute atomic E-state index is 13.3. The van der Waals surface area contributed by atoms with Gasteiger partial charge in [-0.2, -0.15) is 9.78 Å². The highest BCUT2D eigenvalue weighted by Gasteiger charge is 2.27. The first kappa shape index (κ1) is 19.7. The summed E-state index contributed by atoms with van der Waals surface area (Å²) in [5, 5.41) is 7.01. The van der Waals surface area contributed by atoms with Crippen LogP contribution in [-0.4, -0.2) is 15.7 Å². The van der Waals surface area contributed by atoms with Crippen molar-refractivity contribution in [1.29, 1.82) is 0 Å². The van der Waals surface area contributed by atoms with E-state index in [2.05, 4.69) is 10.4 Å². The van der Waals surface area contributed by atoms with Gasteiger partial charge in [-0.1, -0.05) is 17.7 Å². The van der Waals surface area contributed by atoms with E-state index in [1.807, 2.05) is 0 Å². The highest BCUT2D eigenvalue weighted by Crippen LogP contribution is 2.28. The number of carbonyl (C=O) groups is 1. The number of nitrogens with zero attached hydrogens (tertiary/aromatic N) is 2. The molecule has 8 heteroatoms.